The summed E-state index contributed by atoms with van der Waals surface area (Å²) in [6, 6.07) is 6.85. The predicted octanol–water partition coefficient (Wildman–Crippen LogP) is 2.55. The molecule has 0 aliphatic heterocycles. The molecule has 0 saturated heterocycles. The van der Waals surface area contributed by atoms with E-state index in [1.807, 2.05) is 0 Å². The highest BCUT2D eigenvalue weighted by Crippen LogP contribution is 2.13. The van der Waals surface area contributed by atoms with Crippen LogP contribution in [0.1, 0.15) is 5.56 Å². The summed E-state index contributed by atoms with van der Waals surface area (Å²) in [7, 11) is 0. The maximum Gasteiger partial charge on any atom is 0.131 e. The minimum absolute atomic E-state index is 0.259. The minimum atomic E-state index is -0.584. The Hall–Kier alpha value is -2.17. The third-order valence-corrected chi connectivity index (χ3v) is 2.28. The van der Waals surface area contributed by atoms with Gasteiger partial charge in [-0.3, -0.25) is 0 Å². The number of rotatable bonds is 3. The molecule has 0 spiro atoms. The average Bonchev–Trinajstić information content (AvgIpc) is 2.28. The summed E-state index contributed by atoms with van der Waals surface area (Å²) in [5.74, 6) is -0.770. The van der Waals surface area contributed by atoms with Gasteiger partial charge in [0.1, 0.15) is 17.5 Å². The highest BCUT2D eigenvalue weighted by Gasteiger charge is 2.03. The number of anilines is 2. The van der Waals surface area contributed by atoms with Crippen molar-refractivity contribution in [3.63, 3.8) is 0 Å². The Morgan fingerprint density at radius 3 is 2.71 bits per heavy atom. The molecule has 1 aromatic carbocycles. The number of nitrogens with zero attached hydrogens (tertiary/aromatic N) is 1. The zero-order chi connectivity index (χ0) is 12.3. The Balaban J connectivity index is 2.07. The van der Waals surface area contributed by atoms with Crippen molar-refractivity contribution in [2.75, 3.05) is 11.1 Å². The lowest BCUT2D eigenvalue weighted by Crippen LogP contribution is -2.03. The zero-order valence-electron chi connectivity index (χ0n) is 8.95. The summed E-state index contributed by atoms with van der Waals surface area (Å²) in [5.41, 5.74) is 6.63. The van der Waals surface area contributed by atoms with Crippen molar-refractivity contribution < 1.29 is 8.78 Å². The minimum Gasteiger partial charge on any atom is -0.384 e. The molecule has 0 fully saturated rings. The molecule has 17 heavy (non-hydrogen) atoms. The van der Waals surface area contributed by atoms with Crippen LogP contribution in [0.3, 0.4) is 0 Å². The Morgan fingerprint density at radius 1 is 1.18 bits per heavy atom. The predicted molar refractivity (Wildman–Crippen MR) is 62.3 cm³/mol. The van der Waals surface area contributed by atoms with Crippen LogP contribution in [0.4, 0.5) is 20.3 Å². The van der Waals surface area contributed by atoms with Crippen molar-refractivity contribution in [1.82, 2.24) is 4.98 Å². The molecule has 0 aliphatic carbocycles. The molecule has 5 heteroatoms. The smallest absolute Gasteiger partial charge is 0.131 e. The normalized spacial score (nSPS) is 10.2. The molecule has 0 unspecified atom stereocenters. The van der Waals surface area contributed by atoms with E-state index in [2.05, 4.69) is 10.3 Å². The van der Waals surface area contributed by atoms with Gasteiger partial charge in [-0.25, -0.2) is 13.8 Å². The van der Waals surface area contributed by atoms with E-state index in [1.54, 1.807) is 18.3 Å². The summed E-state index contributed by atoms with van der Waals surface area (Å²) >= 11 is 0. The van der Waals surface area contributed by atoms with E-state index in [9.17, 15) is 8.78 Å². The summed E-state index contributed by atoms with van der Waals surface area (Å²) in [6.45, 7) is 0.259. The molecule has 0 radical (unpaired) electrons. The second-order valence-electron chi connectivity index (χ2n) is 3.56. The number of benzene rings is 1. The molecular formula is C12H11F2N3. The molecule has 3 N–H and O–H groups in total. The molecule has 1 heterocycles. The van der Waals surface area contributed by atoms with Gasteiger partial charge in [-0.15, -0.1) is 0 Å². The van der Waals surface area contributed by atoms with E-state index >= 15 is 0 Å². The fourth-order valence-corrected chi connectivity index (χ4v) is 1.42. The number of nitrogens with one attached hydrogen (secondary N) is 1. The average molecular weight is 235 g/mol. The maximum atomic E-state index is 13.3. The summed E-state index contributed by atoms with van der Waals surface area (Å²) < 4.78 is 26.0. The van der Waals surface area contributed by atoms with Crippen LogP contribution in [-0.4, -0.2) is 4.98 Å². The van der Waals surface area contributed by atoms with Crippen molar-refractivity contribution in [2.24, 2.45) is 0 Å². The third kappa shape index (κ3) is 2.90. The van der Waals surface area contributed by atoms with Crippen LogP contribution in [0.25, 0.3) is 0 Å². The van der Waals surface area contributed by atoms with E-state index in [-0.39, 0.29) is 6.54 Å². The lowest BCUT2D eigenvalue weighted by molar-refractivity contribution is 0.574. The summed E-state index contributed by atoms with van der Waals surface area (Å²) in [4.78, 5) is 3.84. The number of nitrogen functional groups attached to an aromatic ring is 1. The van der Waals surface area contributed by atoms with Gasteiger partial charge in [0, 0.05) is 36.1 Å². The van der Waals surface area contributed by atoms with Gasteiger partial charge in [-0.2, -0.15) is 0 Å². The maximum absolute atomic E-state index is 13.3. The zero-order valence-corrected chi connectivity index (χ0v) is 8.95. The number of halogens is 2. The van der Waals surface area contributed by atoms with Crippen molar-refractivity contribution in [3.05, 3.63) is 53.7 Å². The highest BCUT2D eigenvalue weighted by atomic mass is 19.1. The molecule has 0 amide bonds. The molecule has 0 aliphatic rings. The fourth-order valence-electron chi connectivity index (χ4n) is 1.42. The molecule has 0 saturated carbocycles. The first kappa shape index (κ1) is 11.3. The summed E-state index contributed by atoms with van der Waals surface area (Å²) in [6.07, 6.45) is 1.55. The first-order valence-electron chi connectivity index (χ1n) is 5.04. The number of hydrogen-bond acceptors (Lipinski definition) is 3. The van der Waals surface area contributed by atoms with E-state index in [1.165, 1.54) is 12.1 Å². The molecule has 88 valence electrons. The second-order valence-corrected chi connectivity index (χ2v) is 3.56. The number of pyridine rings is 1. The van der Waals surface area contributed by atoms with Crippen molar-refractivity contribution in [2.45, 2.75) is 6.54 Å². The molecule has 0 bridgehead atoms. The van der Waals surface area contributed by atoms with Crippen molar-refractivity contribution in [1.29, 1.82) is 0 Å². The van der Waals surface area contributed by atoms with Gasteiger partial charge >= 0.3 is 0 Å². The topological polar surface area (TPSA) is 50.9 Å². The van der Waals surface area contributed by atoms with Gasteiger partial charge in [-0.1, -0.05) is 6.07 Å². The second kappa shape index (κ2) is 4.78. The Kier molecular flexibility index (Phi) is 3.18. The van der Waals surface area contributed by atoms with Gasteiger partial charge in [-0.05, 0) is 12.1 Å². The first-order valence-corrected chi connectivity index (χ1v) is 5.04. The van der Waals surface area contributed by atoms with E-state index in [0.717, 1.165) is 11.8 Å². The van der Waals surface area contributed by atoms with Gasteiger partial charge in [0.05, 0.1) is 0 Å². The van der Waals surface area contributed by atoms with E-state index in [4.69, 9.17) is 5.73 Å². The van der Waals surface area contributed by atoms with Crippen LogP contribution < -0.4 is 11.1 Å². The Bertz CT molecular complexity index is 529. The quantitative estimate of drug-likeness (QED) is 0.859. The molecule has 2 rings (SSSR count). The van der Waals surface area contributed by atoms with Crippen LogP contribution in [-0.2, 0) is 6.54 Å². The van der Waals surface area contributed by atoms with Crippen LogP contribution in [0, 0.1) is 11.6 Å². The summed E-state index contributed by atoms with van der Waals surface area (Å²) in [5, 5.41) is 2.98. The SMILES string of the molecule is Nc1cc(NCc2ccc(F)cc2F)ccn1. The highest BCUT2D eigenvalue weighted by molar-refractivity contribution is 5.49. The van der Waals surface area contributed by atoms with Gasteiger partial charge in [0.15, 0.2) is 0 Å². The van der Waals surface area contributed by atoms with Gasteiger partial charge in [0.2, 0.25) is 0 Å². The third-order valence-electron chi connectivity index (χ3n) is 2.28. The van der Waals surface area contributed by atoms with Crippen LogP contribution in [0.5, 0.6) is 0 Å². The van der Waals surface area contributed by atoms with Crippen LogP contribution >= 0.6 is 0 Å². The van der Waals surface area contributed by atoms with Gasteiger partial charge in [0.25, 0.3) is 0 Å². The van der Waals surface area contributed by atoms with E-state index < -0.39 is 11.6 Å². The van der Waals surface area contributed by atoms with Crippen LogP contribution in [0.2, 0.25) is 0 Å². The monoisotopic (exact) mass is 235 g/mol. The molecule has 3 nitrogen and oxygen atoms in total. The molecule has 0 atom stereocenters. The molecule has 2 aromatic rings. The molecular weight excluding hydrogens is 224 g/mol. The fraction of sp³-hybridized carbons (Fsp3) is 0.0833. The standard InChI is InChI=1S/C12H11F2N3/c13-9-2-1-8(11(14)5-9)7-17-10-3-4-16-12(15)6-10/h1-6H,7H2,(H3,15,16,17). The molecule has 1 aromatic heterocycles. The Labute approximate surface area is 97.3 Å². The number of nitrogens with two attached hydrogens (primary N) is 1. The number of aromatic nitrogens is 1. The van der Waals surface area contributed by atoms with E-state index in [0.29, 0.717) is 11.4 Å². The lowest BCUT2D eigenvalue weighted by atomic mass is 10.2. The van der Waals surface area contributed by atoms with Gasteiger partial charge < -0.3 is 11.1 Å². The Morgan fingerprint density at radius 2 is 2.00 bits per heavy atom. The van der Waals surface area contributed by atoms with Crippen molar-refractivity contribution >= 4 is 11.5 Å². The van der Waals surface area contributed by atoms with Crippen LogP contribution in [0.15, 0.2) is 36.5 Å². The largest absolute Gasteiger partial charge is 0.384 e. The number of hydrogen-bond donors (Lipinski definition) is 2. The first-order chi connectivity index (χ1) is 8.15. The lowest BCUT2D eigenvalue weighted by Gasteiger charge is -2.07. The van der Waals surface area contributed by atoms with Crippen molar-refractivity contribution in [3.8, 4) is 0 Å².